The summed E-state index contributed by atoms with van der Waals surface area (Å²) >= 11 is 0. The Kier molecular flexibility index (Phi) is 5.05. The summed E-state index contributed by atoms with van der Waals surface area (Å²) in [5.41, 5.74) is 5.64. The number of pyridine rings is 2. The zero-order valence-corrected chi connectivity index (χ0v) is 21.8. The molecule has 0 unspecified atom stereocenters. The van der Waals surface area contributed by atoms with Gasteiger partial charge in [0, 0.05) is 57.1 Å². The molecule has 2 aromatic carbocycles. The Balaban J connectivity index is 0.00000256. The van der Waals surface area contributed by atoms with E-state index in [1.54, 1.807) is 12.4 Å². The number of hydrogen-bond donors (Lipinski definition) is 0. The average molecular weight is 578 g/mol. The third-order valence-electron chi connectivity index (χ3n) is 7.03. The molecular formula is C30H14CuN10. The summed E-state index contributed by atoms with van der Waals surface area (Å²) in [6, 6.07) is 23.3. The molecule has 0 spiro atoms. The Hall–Kier alpha value is -5.38. The van der Waals surface area contributed by atoms with Crippen LogP contribution in [0.2, 0.25) is 0 Å². The second kappa shape index (κ2) is 8.82. The van der Waals surface area contributed by atoms with Gasteiger partial charge in [-0.05, 0) is 29.0 Å². The van der Waals surface area contributed by atoms with Crippen molar-refractivity contribution in [3.63, 3.8) is 0 Å². The molecule has 0 atom stereocenters. The fraction of sp³-hybridized carbons (Fsp3) is 0. The van der Waals surface area contributed by atoms with Crippen LogP contribution in [0.1, 0.15) is 0 Å². The number of benzene rings is 2. The first-order valence-electron chi connectivity index (χ1n) is 12.6. The van der Waals surface area contributed by atoms with Gasteiger partial charge in [-0.3, -0.25) is 9.97 Å². The van der Waals surface area contributed by atoms with E-state index in [9.17, 15) is 0 Å². The quantitative estimate of drug-likeness (QED) is 0.229. The molecule has 2 aliphatic heterocycles. The van der Waals surface area contributed by atoms with Gasteiger partial charge in [-0.15, -0.1) is 0 Å². The Bertz CT molecular complexity index is 2040. The number of aromatic nitrogens is 10. The molecule has 7 aromatic rings. The first kappa shape index (κ1) is 23.5. The largest absolute Gasteiger partial charge is 2.00 e. The van der Waals surface area contributed by atoms with Crippen LogP contribution in [-0.2, 0) is 17.1 Å². The van der Waals surface area contributed by atoms with E-state index in [1.165, 1.54) is 0 Å². The van der Waals surface area contributed by atoms with Crippen LogP contribution in [0, 0.1) is 0 Å². The second-order valence-electron chi connectivity index (χ2n) is 9.37. The molecule has 1 radical (unpaired) electrons. The fourth-order valence-corrected chi connectivity index (χ4v) is 5.21. The second-order valence-corrected chi connectivity index (χ2v) is 9.37. The molecule has 0 amide bonds. The molecule has 0 N–H and O–H groups in total. The van der Waals surface area contributed by atoms with E-state index in [-0.39, 0.29) is 17.1 Å². The molecule has 0 saturated heterocycles. The topological polar surface area (TPSA) is 131 Å². The molecule has 10 nitrogen and oxygen atoms in total. The van der Waals surface area contributed by atoms with Gasteiger partial charge in [-0.2, -0.15) is 0 Å². The van der Waals surface area contributed by atoms with Gasteiger partial charge < -0.3 is 29.9 Å². The van der Waals surface area contributed by atoms with Crippen LogP contribution in [0.4, 0.5) is 0 Å². The summed E-state index contributed by atoms with van der Waals surface area (Å²) in [7, 11) is 0. The Morgan fingerprint density at radius 1 is 0.415 bits per heavy atom. The fourth-order valence-electron chi connectivity index (χ4n) is 5.21. The van der Waals surface area contributed by atoms with Gasteiger partial charge in [0.15, 0.2) is 0 Å². The number of hydrogen-bond acceptors (Lipinski definition) is 8. The van der Waals surface area contributed by atoms with Crippen molar-refractivity contribution in [1.29, 1.82) is 0 Å². The predicted molar refractivity (Wildman–Crippen MR) is 150 cm³/mol. The van der Waals surface area contributed by atoms with E-state index in [1.807, 2.05) is 72.8 Å². The maximum Gasteiger partial charge on any atom is 2.00 e. The van der Waals surface area contributed by atoms with E-state index in [4.69, 9.17) is 39.9 Å². The van der Waals surface area contributed by atoms with Crippen LogP contribution in [-0.4, -0.2) is 39.9 Å². The van der Waals surface area contributed by atoms with Gasteiger partial charge in [0.05, 0.1) is 23.0 Å². The van der Waals surface area contributed by atoms with Crippen molar-refractivity contribution in [2.75, 3.05) is 0 Å². The molecule has 5 aromatic heterocycles. The van der Waals surface area contributed by atoms with Crippen LogP contribution in [0.25, 0.3) is 89.9 Å². The minimum Gasteiger partial charge on any atom is -0.357 e. The van der Waals surface area contributed by atoms with E-state index in [0.29, 0.717) is 57.1 Å². The molecule has 2 aliphatic rings. The summed E-state index contributed by atoms with van der Waals surface area (Å²) in [6.07, 6.45) is 3.43. The van der Waals surface area contributed by atoms with Crippen molar-refractivity contribution in [1.82, 2.24) is 49.8 Å². The maximum atomic E-state index is 4.92. The standard InChI is InChI=1S/C30H14N10.Cu/c1-2-8-16-15(7-1)23-33-24-17-9-3-4-10-18(17)26(35-24)37-29-22-20(12-6-14-32-22)28(39-29)40-30-21-19(11-5-13-31-21)27(38-30)36-25(16)34-23;/h1-14H;/q-2;+2. The van der Waals surface area contributed by atoms with Gasteiger partial charge in [0.2, 0.25) is 0 Å². The van der Waals surface area contributed by atoms with Gasteiger partial charge in [-0.25, -0.2) is 9.97 Å². The van der Waals surface area contributed by atoms with E-state index < -0.39 is 0 Å². The average Bonchev–Trinajstić information content (AvgIpc) is 3.73. The van der Waals surface area contributed by atoms with Crippen molar-refractivity contribution < 1.29 is 17.1 Å². The summed E-state index contributed by atoms with van der Waals surface area (Å²) in [5.74, 6) is 1.91. The van der Waals surface area contributed by atoms with Gasteiger partial charge in [0.1, 0.15) is 11.5 Å². The summed E-state index contributed by atoms with van der Waals surface area (Å²) in [6.45, 7) is 0. The van der Waals surface area contributed by atoms with Crippen molar-refractivity contribution in [3.8, 4) is 45.7 Å². The van der Waals surface area contributed by atoms with Gasteiger partial charge in [-0.1, -0.05) is 54.6 Å². The Labute approximate surface area is 241 Å². The SMILES string of the molecule is [Cu+2].c1ccc2c(c1)-c1nc-2nc2[n-]c(nc3nc(nc4[n-]c(n1)c1ccccc41)-c1cccnc1-3)c1cccnc21. The molecule has 0 fully saturated rings. The third kappa shape index (κ3) is 3.50. The molecule has 7 heterocycles. The monoisotopic (exact) mass is 577 g/mol. The molecule has 41 heavy (non-hydrogen) atoms. The number of nitrogens with zero attached hydrogens (tertiary/aromatic N) is 10. The van der Waals surface area contributed by atoms with Crippen LogP contribution in [0.15, 0.2) is 85.2 Å². The number of fused-ring (bicyclic) bond motifs is 20. The van der Waals surface area contributed by atoms with E-state index >= 15 is 0 Å². The van der Waals surface area contributed by atoms with Crippen LogP contribution in [0.5, 0.6) is 0 Å². The Morgan fingerprint density at radius 2 is 0.902 bits per heavy atom. The van der Waals surface area contributed by atoms with E-state index in [2.05, 4.69) is 9.97 Å². The summed E-state index contributed by atoms with van der Waals surface area (Å²) in [5, 5.41) is 2.49. The minimum absolute atomic E-state index is 0. The van der Waals surface area contributed by atoms with Gasteiger partial charge >= 0.3 is 17.1 Å². The van der Waals surface area contributed by atoms with Crippen LogP contribution >= 0.6 is 0 Å². The van der Waals surface area contributed by atoms with Crippen molar-refractivity contribution in [3.05, 3.63) is 85.2 Å². The molecule has 0 saturated carbocycles. The predicted octanol–water partition coefficient (Wildman–Crippen LogP) is 4.91. The van der Waals surface area contributed by atoms with Crippen LogP contribution < -0.4 is 9.97 Å². The van der Waals surface area contributed by atoms with Crippen molar-refractivity contribution in [2.24, 2.45) is 0 Å². The first-order valence-corrected chi connectivity index (χ1v) is 12.6. The minimum atomic E-state index is 0. The third-order valence-corrected chi connectivity index (χ3v) is 7.03. The Morgan fingerprint density at radius 3 is 1.66 bits per heavy atom. The zero-order valence-electron chi connectivity index (χ0n) is 20.9. The summed E-state index contributed by atoms with van der Waals surface area (Å²) < 4.78 is 0. The molecular weight excluding hydrogens is 564 g/mol. The van der Waals surface area contributed by atoms with Gasteiger partial charge in [0.25, 0.3) is 0 Å². The van der Waals surface area contributed by atoms with Crippen molar-refractivity contribution >= 4 is 44.3 Å². The first-order chi connectivity index (χ1) is 19.8. The molecule has 11 heteroatoms. The molecule has 195 valence electrons. The normalized spacial score (nSPS) is 11.7. The van der Waals surface area contributed by atoms with E-state index in [0.717, 1.165) is 32.8 Å². The summed E-state index contributed by atoms with van der Waals surface area (Å²) in [4.78, 5) is 47.9. The zero-order chi connectivity index (χ0) is 26.2. The smallest absolute Gasteiger partial charge is 0.357 e. The van der Waals surface area contributed by atoms with Crippen molar-refractivity contribution in [2.45, 2.75) is 0 Å². The van der Waals surface area contributed by atoms with Crippen LogP contribution in [0.3, 0.4) is 0 Å². The molecule has 0 aliphatic carbocycles. The molecule has 8 bridgehead atoms. The molecule has 9 rings (SSSR count). The maximum absolute atomic E-state index is 4.92. The number of rotatable bonds is 0.